The second-order valence-corrected chi connectivity index (χ2v) is 12.4. The third-order valence-electron chi connectivity index (χ3n) is 7.51. The van der Waals surface area contributed by atoms with Gasteiger partial charge in [0.15, 0.2) is 0 Å². The van der Waals surface area contributed by atoms with Crippen molar-refractivity contribution in [3.63, 3.8) is 0 Å². The van der Waals surface area contributed by atoms with Gasteiger partial charge in [0.2, 0.25) is 0 Å². The van der Waals surface area contributed by atoms with E-state index in [0.29, 0.717) is 18.1 Å². The first-order chi connectivity index (χ1) is 19.3. The van der Waals surface area contributed by atoms with Crippen molar-refractivity contribution in [3.8, 4) is 11.5 Å². The molecule has 1 aliphatic carbocycles. The van der Waals surface area contributed by atoms with Crippen molar-refractivity contribution in [2.45, 2.75) is 46.6 Å². The third-order valence-corrected chi connectivity index (χ3v) is 8.67. The Morgan fingerprint density at radius 2 is 1.70 bits per heavy atom. The van der Waals surface area contributed by atoms with Crippen molar-refractivity contribution in [3.05, 3.63) is 106 Å². The Hall–Kier alpha value is -3.90. The quantitative estimate of drug-likeness (QED) is 0.223. The van der Waals surface area contributed by atoms with Gasteiger partial charge in [-0.05, 0) is 95.8 Å². The average molecular weight is 553 g/mol. The minimum Gasteiger partial charge on any atom is -0.497 e. The summed E-state index contributed by atoms with van der Waals surface area (Å²) in [5, 5.41) is 3.86. The number of nitrogens with zero attached hydrogens (tertiary/aromatic N) is 1. The summed E-state index contributed by atoms with van der Waals surface area (Å²) >= 11 is 1.66. The molecule has 1 aromatic heterocycles. The predicted octanol–water partition coefficient (Wildman–Crippen LogP) is 8.49. The monoisotopic (exact) mass is 552 g/mol. The fraction of sp³-hybridized carbons (Fsp3) is 0.294. The Bertz CT molecular complexity index is 1470. The maximum Gasteiger partial charge on any atom is 0.259 e. The normalized spacial score (nSPS) is 15.1. The van der Waals surface area contributed by atoms with E-state index in [1.54, 1.807) is 18.4 Å². The molecular formula is C34H36N2O3S. The molecule has 4 aromatic rings. The predicted molar refractivity (Wildman–Crippen MR) is 165 cm³/mol. The van der Waals surface area contributed by atoms with Crippen LogP contribution >= 0.6 is 11.3 Å². The zero-order valence-corrected chi connectivity index (χ0v) is 24.4. The minimum atomic E-state index is -0.0904. The Morgan fingerprint density at radius 3 is 2.38 bits per heavy atom. The summed E-state index contributed by atoms with van der Waals surface area (Å²) in [5.41, 5.74) is 4.92. The number of ether oxygens (including phenoxy) is 2. The number of hydrogen-bond acceptors (Lipinski definition) is 5. The van der Waals surface area contributed by atoms with Crippen molar-refractivity contribution in [2.24, 2.45) is 16.3 Å². The molecule has 6 heteroatoms. The average Bonchev–Trinajstić information content (AvgIpc) is 3.34. The number of amides is 1. The van der Waals surface area contributed by atoms with Crippen LogP contribution in [0.5, 0.6) is 11.5 Å². The van der Waals surface area contributed by atoms with Gasteiger partial charge in [0.1, 0.15) is 23.1 Å². The molecule has 3 aromatic carbocycles. The highest BCUT2D eigenvalue weighted by Crippen LogP contribution is 2.45. The summed E-state index contributed by atoms with van der Waals surface area (Å²) < 4.78 is 11.2. The van der Waals surface area contributed by atoms with Gasteiger partial charge in [0.25, 0.3) is 5.91 Å². The molecule has 1 amide bonds. The van der Waals surface area contributed by atoms with Crippen LogP contribution < -0.4 is 14.8 Å². The first-order valence-electron chi connectivity index (χ1n) is 13.7. The van der Waals surface area contributed by atoms with Gasteiger partial charge in [0.05, 0.1) is 12.7 Å². The van der Waals surface area contributed by atoms with Gasteiger partial charge in [-0.3, -0.25) is 4.79 Å². The first kappa shape index (κ1) is 27.7. The second kappa shape index (κ2) is 12.1. The number of nitrogens with one attached hydrogen (secondary N) is 1. The number of rotatable bonds is 8. The number of para-hydroxylation sites is 1. The van der Waals surface area contributed by atoms with E-state index in [9.17, 15) is 4.79 Å². The van der Waals surface area contributed by atoms with Crippen molar-refractivity contribution in [1.29, 1.82) is 0 Å². The highest BCUT2D eigenvalue weighted by Gasteiger charge is 2.33. The van der Waals surface area contributed by atoms with Gasteiger partial charge in [-0.2, -0.15) is 0 Å². The zero-order valence-electron chi connectivity index (χ0n) is 23.6. The number of carbonyl (C=O) groups excluding carboxylic acids is 1. The van der Waals surface area contributed by atoms with Crippen LogP contribution in [0.15, 0.2) is 83.9 Å². The Kier molecular flexibility index (Phi) is 8.36. The number of aliphatic imine (C=N–C) groups is 1. The highest BCUT2D eigenvalue weighted by molar-refractivity contribution is 7.16. The Labute approximate surface area is 240 Å². The van der Waals surface area contributed by atoms with Crippen molar-refractivity contribution in [1.82, 2.24) is 0 Å². The lowest BCUT2D eigenvalue weighted by Gasteiger charge is -2.33. The Morgan fingerprint density at radius 1 is 1.00 bits per heavy atom. The molecular weight excluding hydrogens is 516 g/mol. The molecule has 0 saturated heterocycles. The molecule has 0 fully saturated rings. The van der Waals surface area contributed by atoms with E-state index in [1.807, 2.05) is 85.1 Å². The van der Waals surface area contributed by atoms with E-state index >= 15 is 0 Å². The topological polar surface area (TPSA) is 59.9 Å². The second-order valence-electron chi connectivity index (χ2n) is 11.3. The van der Waals surface area contributed by atoms with Gasteiger partial charge in [-0.25, -0.2) is 4.99 Å². The molecule has 1 N–H and O–H groups in total. The number of carbonyl (C=O) groups is 1. The number of hydrogen-bond donors (Lipinski definition) is 1. The molecule has 0 radical (unpaired) electrons. The van der Waals surface area contributed by atoms with Gasteiger partial charge in [0, 0.05) is 16.8 Å². The molecule has 1 heterocycles. The van der Waals surface area contributed by atoms with Crippen LogP contribution in [0.1, 0.15) is 59.1 Å². The van der Waals surface area contributed by atoms with Gasteiger partial charge < -0.3 is 14.8 Å². The lowest BCUT2D eigenvalue weighted by molar-refractivity contribution is 0.102. The number of anilines is 1. The summed E-state index contributed by atoms with van der Waals surface area (Å²) in [7, 11) is 1.66. The summed E-state index contributed by atoms with van der Waals surface area (Å²) in [6.07, 6.45) is 4.82. The molecule has 0 aliphatic heterocycles. The molecule has 0 bridgehead atoms. The van der Waals surface area contributed by atoms with Crippen LogP contribution in [0.4, 0.5) is 10.7 Å². The number of thiophene rings is 1. The standard InChI is InChI=1S/C34H36N2O3S/c1-34(2,3)25-14-19-29-30(20-25)40-33(31(29)32(37)36-26-8-6-5-7-9-26)35-21-23-10-17-28(18-11-23)39-22-24-12-15-27(38-4)16-13-24/h5-13,15-18,21,25H,14,19-20,22H2,1-4H3,(H,36,37)/t25-/m1/s1. The van der Waals surface area contributed by atoms with Crippen LogP contribution in [-0.4, -0.2) is 19.2 Å². The first-order valence-corrected chi connectivity index (χ1v) is 14.5. The molecule has 1 aliphatic rings. The van der Waals surface area contributed by atoms with Gasteiger partial charge >= 0.3 is 0 Å². The number of methoxy groups -OCH3 is 1. The fourth-order valence-corrected chi connectivity index (χ4v) is 6.29. The summed E-state index contributed by atoms with van der Waals surface area (Å²) in [4.78, 5) is 19.7. The van der Waals surface area contributed by atoms with Crippen LogP contribution in [0.3, 0.4) is 0 Å². The molecule has 206 valence electrons. The molecule has 0 spiro atoms. The lowest BCUT2D eigenvalue weighted by Crippen LogP contribution is -2.27. The molecule has 5 nitrogen and oxygen atoms in total. The van der Waals surface area contributed by atoms with Crippen LogP contribution in [0.25, 0.3) is 0 Å². The fourth-order valence-electron chi connectivity index (χ4n) is 5.02. The SMILES string of the molecule is COc1ccc(COc2ccc(C=Nc3sc4c(c3C(=O)Nc3ccccc3)CC[C@@H](C(C)(C)C)C4)cc2)cc1. The summed E-state index contributed by atoms with van der Waals surface area (Å²) in [5.74, 6) is 2.11. The van der Waals surface area contributed by atoms with Crippen LogP contribution in [0, 0.1) is 11.3 Å². The lowest BCUT2D eigenvalue weighted by atomic mass is 9.72. The van der Waals surface area contributed by atoms with Gasteiger partial charge in [-0.15, -0.1) is 11.3 Å². The van der Waals surface area contributed by atoms with Crippen molar-refractivity contribution < 1.29 is 14.3 Å². The summed E-state index contributed by atoms with van der Waals surface area (Å²) in [6.45, 7) is 7.40. The third kappa shape index (κ3) is 6.62. The van der Waals surface area contributed by atoms with Crippen molar-refractivity contribution >= 4 is 34.1 Å². The smallest absolute Gasteiger partial charge is 0.259 e. The molecule has 40 heavy (non-hydrogen) atoms. The minimum absolute atomic E-state index is 0.0904. The van der Waals surface area contributed by atoms with Crippen LogP contribution in [0.2, 0.25) is 0 Å². The molecule has 0 unspecified atom stereocenters. The molecule has 0 saturated carbocycles. The number of fused-ring (bicyclic) bond motifs is 1. The Balaban J connectivity index is 1.34. The van der Waals surface area contributed by atoms with E-state index in [2.05, 4.69) is 26.1 Å². The molecule has 1 atom stereocenters. The zero-order chi connectivity index (χ0) is 28.1. The summed E-state index contributed by atoms with van der Waals surface area (Å²) in [6, 6.07) is 25.3. The van der Waals surface area contributed by atoms with Gasteiger partial charge in [-0.1, -0.05) is 51.1 Å². The number of benzene rings is 3. The van der Waals surface area contributed by atoms with E-state index in [-0.39, 0.29) is 11.3 Å². The largest absolute Gasteiger partial charge is 0.497 e. The molecule has 5 rings (SSSR count). The van der Waals surface area contributed by atoms with E-state index in [1.165, 1.54) is 4.88 Å². The highest BCUT2D eigenvalue weighted by atomic mass is 32.1. The van der Waals surface area contributed by atoms with Crippen LogP contribution in [-0.2, 0) is 19.4 Å². The van der Waals surface area contributed by atoms with E-state index < -0.39 is 0 Å². The van der Waals surface area contributed by atoms with E-state index in [0.717, 1.165) is 58.1 Å². The van der Waals surface area contributed by atoms with E-state index in [4.69, 9.17) is 14.5 Å². The maximum atomic E-state index is 13.5. The van der Waals surface area contributed by atoms with Crippen molar-refractivity contribution in [2.75, 3.05) is 12.4 Å². The maximum absolute atomic E-state index is 13.5.